The molecule has 1 N–H and O–H groups in total. The van der Waals surface area contributed by atoms with Gasteiger partial charge in [-0.2, -0.15) is 10.1 Å². The standard InChI is InChI=1S/C28H26N4O4/c1-4-35-22-14-13-17(15-23(22)34-3)26-24-25(31-28-29-16-30-32(26)28)18-9-5-8-12-21(18)36-27(24)19-10-6-7-11-20(19)33-2/h5-16,26-27H,4H2,1-3H3,(H,29,30,31). The smallest absolute Gasteiger partial charge is 0.226 e. The van der Waals surface area contributed by atoms with Gasteiger partial charge in [0, 0.05) is 16.7 Å². The third kappa shape index (κ3) is 3.45. The molecule has 0 saturated heterocycles. The quantitative estimate of drug-likeness (QED) is 0.402. The van der Waals surface area contributed by atoms with E-state index in [0.29, 0.717) is 24.1 Å². The minimum atomic E-state index is -0.432. The summed E-state index contributed by atoms with van der Waals surface area (Å²) in [6, 6.07) is 21.6. The number of hydrogen-bond acceptors (Lipinski definition) is 7. The van der Waals surface area contributed by atoms with E-state index in [9.17, 15) is 0 Å². The molecular formula is C28H26N4O4. The van der Waals surface area contributed by atoms with Gasteiger partial charge < -0.3 is 24.3 Å². The normalized spacial score (nSPS) is 17.8. The van der Waals surface area contributed by atoms with Gasteiger partial charge in [-0.3, -0.25) is 0 Å². The molecule has 0 radical (unpaired) electrons. The largest absolute Gasteiger partial charge is 0.496 e. The summed E-state index contributed by atoms with van der Waals surface area (Å²) in [5.74, 6) is 3.54. The minimum absolute atomic E-state index is 0.313. The average molecular weight is 483 g/mol. The molecule has 2 atom stereocenters. The third-order valence-electron chi connectivity index (χ3n) is 6.55. The molecule has 182 valence electrons. The molecule has 0 amide bonds. The zero-order chi connectivity index (χ0) is 24.6. The molecule has 2 aliphatic rings. The van der Waals surface area contributed by atoms with Gasteiger partial charge in [-0.1, -0.05) is 36.4 Å². The van der Waals surface area contributed by atoms with Crippen molar-refractivity contribution in [2.45, 2.75) is 19.1 Å². The van der Waals surface area contributed by atoms with E-state index in [1.165, 1.54) is 0 Å². The highest BCUT2D eigenvalue weighted by atomic mass is 16.5. The van der Waals surface area contributed by atoms with Gasteiger partial charge >= 0.3 is 0 Å². The maximum absolute atomic E-state index is 6.70. The Morgan fingerprint density at radius 1 is 0.944 bits per heavy atom. The van der Waals surface area contributed by atoms with Crippen LogP contribution < -0.4 is 24.3 Å². The molecule has 36 heavy (non-hydrogen) atoms. The maximum Gasteiger partial charge on any atom is 0.226 e. The summed E-state index contributed by atoms with van der Waals surface area (Å²) in [6.07, 6.45) is 1.13. The van der Waals surface area contributed by atoms with Crippen LogP contribution in [0.4, 0.5) is 5.95 Å². The minimum Gasteiger partial charge on any atom is -0.496 e. The lowest BCUT2D eigenvalue weighted by Gasteiger charge is -2.39. The molecular weight excluding hydrogens is 456 g/mol. The average Bonchev–Trinajstić information content (AvgIpc) is 3.40. The van der Waals surface area contributed by atoms with E-state index in [1.807, 2.05) is 72.3 Å². The van der Waals surface area contributed by atoms with Crippen LogP contribution in [-0.4, -0.2) is 35.6 Å². The third-order valence-corrected chi connectivity index (χ3v) is 6.55. The van der Waals surface area contributed by atoms with E-state index >= 15 is 0 Å². The van der Waals surface area contributed by atoms with Gasteiger partial charge in [0.05, 0.1) is 26.5 Å². The fourth-order valence-corrected chi connectivity index (χ4v) is 5.01. The summed E-state index contributed by atoms with van der Waals surface area (Å²) in [6.45, 7) is 2.50. The molecule has 8 heteroatoms. The molecule has 0 bridgehead atoms. The summed E-state index contributed by atoms with van der Waals surface area (Å²) in [7, 11) is 3.32. The predicted octanol–water partition coefficient (Wildman–Crippen LogP) is 5.25. The Labute approximate surface area is 209 Å². The van der Waals surface area contributed by atoms with Crippen molar-refractivity contribution in [3.63, 3.8) is 0 Å². The van der Waals surface area contributed by atoms with Crippen LogP contribution in [0, 0.1) is 0 Å². The van der Waals surface area contributed by atoms with Crippen molar-refractivity contribution in [3.05, 3.63) is 95.3 Å². The molecule has 0 aliphatic carbocycles. The van der Waals surface area contributed by atoms with E-state index < -0.39 is 6.10 Å². The highest BCUT2D eigenvalue weighted by molar-refractivity contribution is 5.85. The van der Waals surface area contributed by atoms with Gasteiger partial charge in [-0.15, -0.1) is 0 Å². The van der Waals surface area contributed by atoms with E-state index in [-0.39, 0.29) is 6.04 Å². The lowest BCUT2D eigenvalue weighted by atomic mass is 9.84. The summed E-state index contributed by atoms with van der Waals surface area (Å²) in [5, 5.41) is 8.12. The molecule has 2 aliphatic heterocycles. The van der Waals surface area contributed by atoms with Crippen molar-refractivity contribution in [2.24, 2.45) is 0 Å². The molecule has 3 aromatic carbocycles. The van der Waals surface area contributed by atoms with Gasteiger partial charge in [0.15, 0.2) is 17.6 Å². The molecule has 6 rings (SSSR count). The van der Waals surface area contributed by atoms with Crippen LogP contribution in [0.1, 0.15) is 35.8 Å². The fourth-order valence-electron chi connectivity index (χ4n) is 5.01. The summed E-state index contributed by atoms with van der Waals surface area (Å²) in [5.41, 5.74) is 4.82. The molecule has 0 spiro atoms. The number of benzene rings is 3. The van der Waals surface area contributed by atoms with Gasteiger partial charge in [-0.25, -0.2) is 4.68 Å². The van der Waals surface area contributed by atoms with Crippen LogP contribution in [0.5, 0.6) is 23.0 Å². The number of methoxy groups -OCH3 is 2. The topological polar surface area (TPSA) is 79.7 Å². The lowest BCUT2D eigenvalue weighted by molar-refractivity contribution is 0.217. The van der Waals surface area contributed by atoms with Crippen molar-refractivity contribution >= 4 is 11.6 Å². The first-order valence-electron chi connectivity index (χ1n) is 11.8. The summed E-state index contributed by atoms with van der Waals surface area (Å²) >= 11 is 0. The number of aromatic nitrogens is 3. The Kier molecular flexibility index (Phi) is 5.48. The monoisotopic (exact) mass is 482 g/mol. The zero-order valence-electron chi connectivity index (χ0n) is 20.3. The van der Waals surface area contributed by atoms with Crippen LogP contribution in [0.15, 0.2) is 78.6 Å². The maximum atomic E-state index is 6.70. The van der Waals surface area contributed by atoms with Gasteiger partial charge in [0.2, 0.25) is 5.95 Å². The Morgan fingerprint density at radius 2 is 1.75 bits per heavy atom. The van der Waals surface area contributed by atoms with Crippen LogP contribution in [-0.2, 0) is 0 Å². The Balaban J connectivity index is 1.61. The van der Waals surface area contributed by atoms with Crippen LogP contribution in [0.3, 0.4) is 0 Å². The second-order valence-corrected chi connectivity index (χ2v) is 8.47. The summed E-state index contributed by atoms with van der Waals surface area (Å²) in [4.78, 5) is 4.50. The summed E-state index contributed by atoms with van der Waals surface area (Å²) < 4.78 is 25.8. The first-order chi connectivity index (χ1) is 17.7. The zero-order valence-corrected chi connectivity index (χ0v) is 20.3. The number of nitrogens with one attached hydrogen (secondary N) is 1. The first kappa shape index (κ1) is 22.0. The number of rotatable bonds is 6. The molecule has 8 nitrogen and oxygen atoms in total. The highest BCUT2D eigenvalue weighted by Gasteiger charge is 2.42. The molecule has 3 heterocycles. The van der Waals surface area contributed by atoms with E-state index in [4.69, 9.17) is 18.9 Å². The van der Waals surface area contributed by atoms with E-state index in [2.05, 4.69) is 21.5 Å². The Bertz CT molecular complexity index is 1460. The molecule has 2 unspecified atom stereocenters. The SMILES string of the molecule is CCOc1ccc(C2C3=C(Nc4ncnn42)c2ccccc2OC3c2ccccc2OC)cc1OC. The number of para-hydroxylation sites is 2. The molecule has 1 aromatic heterocycles. The van der Waals surface area contributed by atoms with Crippen molar-refractivity contribution in [3.8, 4) is 23.0 Å². The van der Waals surface area contributed by atoms with Crippen molar-refractivity contribution in [1.29, 1.82) is 0 Å². The van der Waals surface area contributed by atoms with Crippen molar-refractivity contribution in [1.82, 2.24) is 14.8 Å². The van der Waals surface area contributed by atoms with E-state index in [0.717, 1.165) is 39.5 Å². The number of anilines is 1. The van der Waals surface area contributed by atoms with Gasteiger partial charge in [0.1, 0.15) is 23.9 Å². The fraction of sp³-hybridized carbons (Fsp3) is 0.214. The second-order valence-electron chi connectivity index (χ2n) is 8.47. The molecule has 0 saturated carbocycles. The highest BCUT2D eigenvalue weighted by Crippen LogP contribution is 2.52. The van der Waals surface area contributed by atoms with Crippen LogP contribution in [0.2, 0.25) is 0 Å². The predicted molar refractivity (Wildman–Crippen MR) is 136 cm³/mol. The lowest BCUT2D eigenvalue weighted by Crippen LogP contribution is -2.32. The number of nitrogens with zero attached hydrogens (tertiary/aromatic N) is 3. The van der Waals surface area contributed by atoms with Crippen LogP contribution >= 0.6 is 0 Å². The van der Waals surface area contributed by atoms with Gasteiger partial charge in [-0.05, 0) is 42.8 Å². The number of ether oxygens (including phenoxy) is 4. The first-order valence-corrected chi connectivity index (χ1v) is 11.8. The number of hydrogen-bond donors (Lipinski definition) is 1. The second kappa shape index (κ2) is 8.96. The van der Waals surface area contributed by atoms with Crippen molar-refractivity contribution in [2.75, 3.05) is 26.1 Å². The Morgan fingerprint density at radius 3 is 2.58 bits per heavy atom. The van der Waals surface area contributed by atoms with Crippen LogP contribution in [0.25, 0.3) is 5.70 Å². The molecule has 4 aromatic rings. The van der Waals surface area contributed by atoms with Gasteiger partial charge in [0.25, 0.3) is 0 Å². The Hall–Kier alpha value is -4.46. The number of fused-ring (bicyclic) bond motifs is 3. The van der Waals surface area contributed by atoms with E-state index in [1.54, 1.807) is 20.5 Å². The molecule has 0 fully saturated rings. The van der Waals surface area contributed by atoms with Crippen molar-refractivity contribution < 1.29 is 18.9 Å².